The van der Waals surface area contributed by atoms with Crippen LogP contribution in [0.2, 0.25) is 0 Å². The first-order valence-corrected chi connectivity index (χ1v) is 37.6. The smallest absolute Gasteiger partial charge is 0.358 e. The van der Waals surface area contributed by atoms with E-state index in [9.17, 15) is 44.8 Å². The molecule has 0 aliphatic carbocycles. The van der Waals surface area contributed by atoms with E-state index in [0.29, 0.717) is 16.7 Å². The summed E-state index contributed by atoms with van der Waals surface area (Å²) in [6, 6.07) is 6.12. The fourth-order valence-corrected chi connectivity index (χ4v) is 17.1. The van der Waals surface area contributed by atoms with Crippen molar-refractivity contribution in [2.45, 2.75) is 127 Å². The Balaban J connectivity index is 0.933. The van der Waals surface area contributed by atoms with E-state index in [0.717, 1.165) is 62.2 Å². The Morgan fingerprint density at radius 1 is 0.804 bits per heavy atom. The summed E-state index contributed by atoms with van der Waals surface area (Å²) in [6.45, 7) is 5.95. The second-order valence-electron chi connectivity index (χ2n) is 25.9. The molecule has 12 bridgehead atoms. The number of fused-ring (bicyclic) bond motifs is 15. The van der Waals surface area contributed by atoms with Crippen LogP contribution >= 0.6 is 56.7 Å². The number of aromatic nitrogens is 7. The first-order chi connectivity index (χ1) is 51.1. The number of likely N-dealkylation sites (N-methyl/N-ethyl adjacent to an activating group) is 1. The van der Waals surface area contributed by atoms with Crippen molar-refractivity contribution in [3.63, 3.8) is 0 Å². The van der Waals surface area contributed by atoms with Crippen LogP contribution in [0.3, 0.4) is 0 Å². The summed E-state index contributed by atoms with van der Waals surface area (Å²) in [6.07, 6.45) is -7.14. The number of carbonyl (C=O) groups excluding carboxylic acids is 8. The lowest BCUT2D eigenvalue weighted by Gasteiger charge is -2.48. The zero-order chi connectivity index (χ0) is 76.0. The van der Waals surface area contributed by atoms with Crippen molar-refractivity contribution in [3.8, 4) is 44.2 Å². The van der Waals surface area contributed by atoms with Gasteiger partial charge in [0.1, 0.15) is 131 Å². The molecule has 13 rings (SSSR count). The molecule has 2 aromatic carbocycles. The van der Waals surface area contributed by atoms with Crippen LogP contribution in [-0.4, -0.2) is 201 Å². The van der Waals surface area contributed by atoms with Crippen molar-refractivity contribution in [3.05, 3.63) is 141 Å². The highest BCUT2D eigenvalue weighted by atomic mass is 32.1. The number of hydrogen-bond acceptors (Lipinski definition) is 31. The van der Waals surface area contributed by atoms with E-state index in [2.05, 4.69) is 46.9 Å². The lowest BCUT2D eigenvalue weighted by molar-refractivity contribution is -0.280. The van der Waals surface area contributed by atoms with E-state index in [1.54, 1.807) is 57.1 Å². The number of aliphatic hydroxyl groups is 2. The third-order valence-electron chi connectivity index (χ3n) is 18.1. The second-order valence-corrected chi connectivity index (χ2v) is 30.3. The number of esters is 2. The Labute approximate surface area is 627 Å². The Kier molecular flexibility index (Phi) is 21.7. The van der Waals surface area contributed by atoms with Gasteiger partial charge in [0.2, 0.25) is 11.8 Å². The van der Waals surface area contributed by atoms with Crippen molar-refractivity contribution in [1.29, 1.82) is 0 Å². The van der Waals surface area contributed by atoms with E-state index < -0.39 is 145 Å². The molecular weight excluding hydrogens is 1490 g/mol. The first kappa shape index (κ1) is 75.0. The molecule has 0 radical (unpaired) electrons. The first-order valence-electron chi connectivity index (χ1n) is 33.2. The number of nitrogens with zero attached hydrogens (tertiary/aromatic N) is 8. The number of rotatable bonds is 12. The normalized spacial score (nSPS) is 23.3. The number of benzene rings is 2. The molecule has 9 aromatic rings. The fourth-order valence-electron chi connectivity index (χ4n) is 13.0. The van der Waals surface area contributed by atoms with E-state index in [1.165, 1.54) is 79.0 Å². The molecule has 6 amide bonds. The van der Waals surface area contributed by atoms with E-state index in [4.69, 9.17) is 43.4 Å². The monoisotopic (exact) mass is 1560 g/mol. The van der Waals surface area contributed by atoms with Gasteiger partial charge in [-0.2, -0.15) is 4.73 Å². The number of aliphatic hydroxyl groups excluding tert-OH is 1. The number of pyridine rings is 1. The van der Waals surface area contributed by atoms with Gasteiger partial charge in [-0.1, -0.05) is 24.3 Å². The summed E-state index contributed by atoms with van der Waals surface area (Å²) in [4.78, 5) is 146. The van der Waals surface area contributed by atoms with Crippen LogP contribution in [0.4, 0.5) is 0 Å². The van der Waals surface area contributed by atoms with Crippen LogP contribution in [0.15, 0.2) is 81.2 Å². The summed E-state index contributed by atoms with van der Waals surface area (Å²) < 4.78 is 38.3. The van der Waals surface area contributed by atoms with Crippen LogP contribution in [0, 0.1) is 0 Å². The van der Waals surface area contributed by atoms with Gasteiger partial charge in [-0.15, -0.1) is 56.7 Å². The molecule has 0 unspecified atom stereocenters. The van der Waals surface area contributed by atoms with Gasteiger partial charge in [-0.05, 0) is 90.5 Å². The molecule has 0 spiro atoms. The Bertz CT molecular complexity index is 5000. The van der Waals surface area contributed by atoms with Crippen molar-refractivity contribution >= 4 is 121 Å². The maximum Gasteiger partial charge on any atom is 0.358 e. The van der Waals surface area contributed by atoms with Gasteiger partial charge in [-0.25, -0.2) is 39.5 Å². The quantitative estimate of drug-likeness (QED) is 0.0417. The molecule has 33 nitrogen and oxygen atoms in total. The molecule has 1 saturated heterocycles. The van der Waals surface area contributed by atoms with E-state index in [1.807, 2.05) is 0 Å². The third kappa shape index (κ3) is 15.5. The number of amides is 6. The molecule has 11 heterocycles. The topological polar surface area (TPSA) is 451 Å². The lowest BCUT2D eigenvalue weighted by atomic mass is 9.85. The maximum absolute atomic E-state index is 15.2. The number of phenolic OH excluding ortho intramolecular Hbond substituents is 1. The van der Waals surface area contributed by atoms with Crippen LogP contribution < -0.4 is 31.9 Å². The number of phenols is 1. The number of cyclic esters (lactones) is 2. The minimum Gasteiger partial charge on any atom is -0.508 e. The molecule has 560 valence electrons. The second kappa shape index (κ2) is 30.9. The molecule has 38 heteroatoms. The number of allylic oxidation sites excluding steroid dienone is 1. The predicted molar refractivity (Wildman–Crippen MR) is 386 cm³/mol. The molecule has 1 fully saturated rings. The zero-order valence-corrected chi connectivity index (χ0v) is 62.2. The maximum atomic E-state index is 15.2. The average Bonchev–Trinajstić information content (AvgIpc) is 1.63. The molecule has 7 aromatic heterocycles. The number of aromatic hydroxyl groups is 2. The van der Waals surface area contributed by atoms with Crippen molar-refractivity contribution in [2.75, 3.05) is 34.4 Å². The zero-order valence-electron chi connectivity index (χ0n) is 58.1. The van der Waals surface area contributed by atoms with Gasteiger partial charge >= 0.3 is 11.9 Å². The number of carbonyl (C=O) groups is 8. The van der Waals surface area contributed by atoms with Crippen LogP contribution in [0.5, 0.6) is 11.5 Å². The van der Waals surface area contributed by atoms with Gasteiger partial charge in [0, 0.05) is 56.4 Å². The van der Waals surface area contributed by atoms with Crippen molar-refractivity contribution < 1.29 is 92.4 Å². The third-order valence-corrected chi connectivity index (χ3v) is 22.6. The van der Waals surface area contributed by atoms with Gasteiger partial charge in [0.05, 0.1) is 43.1 Å². The van der Waals surface area contributed by atoms with Gasteiger partial charge < -0.3 is 90.9 Å². The van der Waals surface area contributed by atoms with Gasteiger partial charge in [-0.3, -0.25) is 28.8 Å². The number of nitrogens with one attached hydrogen (secondary N) is 6. The summed E-state index contributed by atoms with van der Waals surface area (Å²) in [5.41, 5.74) is -1.90. The SMILES string of the molecule is CO/C(C)=C1/NC(=O)[C@H]([C@@H](C)O)NC(=O)c2csc(n2)-c2cc(O)c(-c3nc(C(=O)N[C@@H](C)C(=O)NCCc4ccc(O)cc4)cs3)nc2-c2csc(n2)[C@@H]2COC(=O)c3c4c5c(cccc5n3O)COC(=O)[C@@H](O[C@H]3C[C@](C)(O)[C@H](N(C)C)[C@H](C)O3)[C@@H](OC4)[C@H](NC(=O)c3csc1n3)c1nc(cs1)C(=O)N2. The summed E-state index contributed by atoms with van der Waals surface area (Å²) >= 11 is 4.52. The van der Waals surface area contributed by atoms with Gasteiger partial charge in [0.15, 0.2) is 18.1 Å². The Hall–Kier alpha value is -10.3. The molecular formula is C69H70N14O19S5. The Morgan fingerprint density at radius 3 is 2.21 bits per heavy atom. The molecule has 4 aliphatic heterocycles. The van der Waals surface area contributed by atoms with Crippen molar-refractivity contribution in [1.82, 2.24) is 71.4 Å². The largest absolute Gasteiger partial charge is 0.508 e. The van der Waals surface area contributed by atoms with Gasteiger partial charge in [0.25, 0.3) is 23.6 Å². The number of thiazole rings is 5. The van der Waals surface area contributed by atoms with Crippen molar-refractivity contribution in [2.24, 2.45) is 0 Å². The summed E-state index contributed by atoms with van der Waals surface area (Å²) in [7, 11) is 4.84. The molecule has 4 aliphatic rings. The average molecular weight is 1560 g/mol. The lowest BCUT2D eigenvalue weighted by Crippen LogP contribution is -2.62. The molecule has 0 saturated carbocycles. The van der Waals surface area contributed by atoms with E-state index in [-0.39, 0.29) is 117 Å². The Morgan fingerprint density at radius 2 is 1.48 bits per heavy atom. The minimum atomic E-state index is -1.92. The van der Waals surface area contributed by atoms with Crippen LogP contribution in [0.25, 0.3) is 49.3 Å². The summed E-state index contributed by atoms with van der Waals surface area (Å²) in [5, 5.41) is 80.7. The minimum absolute atomic E-state index is 0.00925. The highest BCUT2D eigenvalue weighted by Gasteiger charge is 2.50. The highest BCUT2D eigenvalue weighted by Crippen LogP contribution is 2.43. The summed E-state index contributed by atoms with van der Waals surface area (Å²) in [5.74, 6) is -7.53. The molecule has 11 atom stereocenters. The van der Waals surface area contributed by atoms with Crippen LogP contribution in [0.1, 0.15) is 137 Å². The predicted octanol–water partition coefficient (Wildman–Crippen LogP) is 5.35. The fraction of sp³-hybridized carbons (Fsp3) is 0.362. The van der Waals surface area contributed by atoms with E-state index >= 15 is 19.2 Å². The van der Waals surface area contributed by atoms with Crippen LogP contribution in [-0.2, 0) is 62.4 Å². The molecule has 107 heavy (non-hydrogen) atoms. The molecule has 11 N–H and O–H groups in total. The standard InChI is InChI=1S/C69H70N14O19S5/c1-28(56(87)70-17-16-32-12-14-34(85)15-13-32)71-57(88)39-25-106-65(76-39)50-44(86)18-35-49(78-50)38-23-104-63(73-38)37-22-100-67(93)52-36-21-98-53(54(102-45-19-69(5,95)55(82(6)7)31(4)101-45)68(94)99-20-33-10-9-11-43(46(33)36)83(52)96)51(66-77-40(26-107-66)58(89)72-37)81-60(91)42-27-105-64(75-42)48(30(3)97-8)80-61(92)47(29(2)84)79-59(90)41-24-103-62(35)74-41/h9-15,18,23-29,31,37,45,47,51,53-55,84-86,95-96H,16-17,19-22H2,1-8H3,(H,70,87)(H,71,88)(H,72,89)(H,79,90)(H,80,92)(H,81,91)/b48-30+/t28-,29+,31-,37-,45-,47-,51-,53-,54-,55+,69-/m0/s1. The highest BCUT2D eigenvalue weighted by molar-refractivity contribution is 7.14. The number of hydrogen-bond donors (Lipinski definition) is 11. The number of ether oxygens (including phenoxy) is 6. The number of methoxy groups -OCH3 is 1.